The zero-order valence-corrected chi connectivity index (χ0v) is 14.1. The topological polar surface area (TPSA) is 32.3 Å². The Morgan fingerprint density at radius 3 is 2.62 bits per heavy atom. The minimum atomic E-state index is -0.168. The van der Waals surface area contributed by atoms with Gasteiger partial charge in [-0.2, -0.15) is 0 Å². The highest BCUT2D eigenvalue weighted by molar-refractivity contribution is 6.30. The summed E-state index contributed by atoms with van der Waals surface area (Å²) in [6.07, 6.45) is 1.56. The Kier molecular flexibility index (Phi) is 5.48. The molecule has 1 heterocycles. The van der Waals surface area contributed by atoms with Gasteiger partial charge in [0.2, 0.25) is 5.91 Å². The molecular weight excluding hydrogens is 327 g/mol. The molecule has 0 spiro atoms. The van der Waals surface area contributed by atoms with Gasteiger partial charge in [0.05, 0.1) is 0 Å². The van der Waals surface area contributed by atoms with E-state index >= 15 is 0 Å². The number of carbonyl (C=O) groups is 1. The van der Waals surface area contributed by atoms with Gasteiger partial charge in [-0.3, -0.25) is 9.69 Å². The number of nitrogens with zero attached hydrogens (tertiary/aromatic N) is 1. The van der Waals surface area contributed by atoms with Gasteiger partial charge in [0.15, 0.2) is 0 Å². The van der Waals surface area contributed by atoms with Gasteiger partial charge in [-0.15, -0.1) is 0 Å². The number of rotatable bonds is 4. The number of nitrogens with one attached hydrogen (secondary N) is 1. The third-order valence-corrected chi connectivity index (χ3v) is 4.64. The molecule has 24 heavy (non-hydrogen) atoms. The van der Waals surface area contributed by atoms with Crippen LogP contribution in [0.3, 0.4) is 0 Å². The molecule has 0 aromatic heterocycles. The molecule has 1 saturated heterocycles. The van der Waals surface area contributed by atoms with Crippen LogP contribution in [0.5, 0.6) is 0 Å². The van der Waals surface area contributed by atoms with Gasteiger partial charge < -0.3 is 5.32 Å². The first kappa shape index (κ1) is 16.9. The van der Waals surface area contributed by atoms with Crippen molar-refractivity contribution in [2.45, 2.75) is 19.4 Å². The van der Waals surface area contributed by atoms with E-state index in [0.717, 1.165) is 31.6 Å². The van der Waals surface area contributed by atoms with Crippen molar-refractivity contribution in [2.75, 3.05) is 18.4 Å². The number of anilines is 1. The Bertz CT molecular complexity index is 714. The third-order valence-electron chi connectivity index (χ3n) is 4.40. The lowest BCUT2D eigenvalue weighted by Gasteiger charge is -2.31. The van der Waals surface area contributed by atoms with E-state index in [4.69, 9.17) is 11.6 Å². The monoisotopic (exact) mass is 346 g/mol. The average molecular weight is 347 g/mol. The smallest absolute Gasteiger partial charge is 0.227 e. The maximum absolute atomic E-state index is 13.7. The summed E-state index contributed by atoms with van der Waals surface area (Å²) in [5.41, 5.74) is 1.43. The predicted molar refractivity (Wildman–Crippen MR) is 94.5 cm³/mol. The van der Waals surface area contributed by atoms with Gasteiger partial charge in [0, 0.05) is 28.7 Å². The van der Waals surface area contributed by atoms with E-state index in [1.165, 1.54) is 6.07 Å². The standard InChI is InChI=1S/C19H20ClFN2O/c20-16-5-3-6-17(12-16)22-19(24)14-8-10-23(11-9-14)13-15-4-1-2-7-18(15)21/h1-7,12,14H,8-11,13H2,(H,22,24). The number of carbonyl (C=O) groups excluding carboxylic acids is 1. The van der Waals surface area contributed by atoms with Crippen molar-refractivity contribution in [3.8, 4) is 0 Å². The minimum Gasteiger partial charge on any atom is -0.326 e. The summed E-state index contributed by atoms with van der Waals surface area (Å²) >= 11 is 5.93. The summed E-state index contributed by atoms with van der Waals surface area (Å²) in [4.78, 5) is 14.6. The Labute approximate surface area is 146 Å². The van der Waals surface area contributed by atoms with Gasteiger partial charge >= 0.3 is 0 Å². The molecule has 0 bridgehead atoms. The van der Waals surface area contributed by atoms with Crippen LogP contribution in [0.2, 0.25) is 5.02 Å². The summed E-state index contributed by atoms with van der Waals surface area (Å²) in [5.74, 6) is -0.151. The Morgan fingerprint density at radius 2 is 1.92 bits per heavy atom. The van der Waals surface area contributed by atoms with Crippen LogP contribution in [0, 0.1) is 11.7 Å². The highest BCUT2D eigenvalue weighted by Crippen LogP contribution is 2.22. The van der Waals surface area contributed by atoms with Crippen LogP contribution in [0.4, 0.5) is 10.1 Å². The maximum atomic E-state index is 13.7. The summed E-state index contributed by atoms with van der Waals surface area (Å²) in [6, 6.07) is 14.0. The molecule has 1 fully saturated rings. The van der Waals surface area contributed by atoms with Crippen LogP contribution in [-0.2, 0) is 11.3 Å². The van der Waals surface area contributed by atoms with Crippen LogP contribution >= 0.6 is 11.6 Å². The van der Waals surface area contributed by atoms with Crippen molar-refractivity contribution in [2.24, 2.45) is 5.92 Å². The lowest BCUT2D eigenvalue weighted by molar-refractivity contribution is -0.121. The molecular formula is C19H20ClFN2O. The molecule has 5 heteroatoms. The minimum absolute atomic E-state index is 0.0131. The van der Waals surface area contributed by atoms with Gasteiger partial charge in [-0.05, 0) is 50.2 Å². The normalized spacial score (nSPS) is 16.1. The number of likely N-dealkylation sites (tertiary alicyclic amines) is 1. The van der Waals surface area contributed by atoms with Crippen molar-refractivity contribution in [1.29, 1.82) is 0 Å². The average Bonchev–Trinajstić information content (AvgIpc) is 2.57. The molecule has 1 amide bonds. The molecule has 1 N–H and O–H groups in total. The van der Waals surface area contributed by atoms with E-state index in [0.29, 0.717) is 17.1 Å². The highest BCUT2D eigenvalue weighted by Gasteiger charge is 2.25. The second-order valence-corrected chi connectivity index (χ2v) is 6.58. The second-order valence-electron chi connectivity index (χ2n) is 6.14. The molecule has 3 rings (SSSR count). The van der Waals surface area contributed by atoms with Crippen LogP contribution in [0.15, 0.2) is 48.5 Å². The zero-order chi connectivity index (χ0) is 16.9. The van der Waals surface area contributed by atoms with Crippen LogP contribution in [0.1, 0.15) is 18.4 Å². The number of amides is 1. The molecule has 0 saturated carbocycles. The van der Waals surface area contributed by atoms with E-state index in [9.17, 15) is 9.18 Å². The van der Waals surface area contributed by atoms with E-state index in [1.807, 2.05) is 24.3 Å². The first-order valence-corrected chi connectivity index (χ1v) is 8.52. The van der Waals surface area contributed by atoms with Crippen LogP contribution < -0.4 is 5.32 Å². The Balaban J connectivity index is 1.51. The third kappa shape index (κ3) is 4.34. The summed E-state index contributed by atoms with van der Waals surface area (Å²) in [5, 5.41) is 3.53. The van der Waals surface area contributed by atoms with Crippen molar-refractivity contribution in [3.63, 3.8) is 0 Å². The fraction of sp³-hybridized carbons (Fsp3) is 0.316. The summed E-state index contributed by atoms with van der Waals surface area (Å²) in [7, 11) is 0. The molecule has 1 aliphatic heterocycles. The number of piperidine rings is 1. The van der Waals surface area contributed by atoms with Gasteiger partial charge in [0.25, 0.3) is 0 Å². The van der Waals surface area contributed by atoms with E-state index in [-0.39, 0.29) is 17.6 Å². The predicted octanol–water partition coefficient (Wildman–Crippen LogP) is 4.33. The van der Waals surface area contributed by atoms with Gasteiger partial charge in [-0.1, -0.05) is 35.9 Å². The Morgan fingerprint density at radius 1 is 1.17 bits per heavy atom. The molecule has 0 unspecified atom stereocenters. The largest absolute Gasteiger partial charge is 0.326 e. The molecule has 0 aliphatic carbocycles. The molecule has 0 radical (unpaired) electrons. The summed E-state index contributed by atoms with van der Waals surface area (Å²) < 4.78 is 13.7. The molecule has 0 atom stereocenters. The first-order valence-electron chi connectivity index (χ1n) is 8.14. The molecule has 3 nitrogen and oxygen atoms in total. The van der Waals surface area contributed by atoms with Crippen molar-refractivity contribution in [1.82, 2.24) is 4.90 Å². The number of benzene rings is 2. The van der Waals surface area contributed by atoms with Crippen molar-refractivity contribution in [3.05, 3.63) is 64.9 Å². The lowest BCUT2D eigenvalue weighted by atomic mass is 9.95. The van der Waals surface area contributed by atoms with Crippen LogP contribution in [-0.4, -0.2) is 23.9 Å². The second kappa shape index (κ2) is 7.77. The number of hydrogen-bond acceptors (Lipinski definition) is 2. The fourth-order valence-corrected chi connectivity index (χ4v) is 3.22. The molecule has 1 aliphatic rings. The lowest BCUT2D eigenvalue weighted by Crippen LogP contribution is -2.37. The maximum Gasteiger partial charge on any atom is 0.227 e. The molecule has 2 aromatic rings. The number of hydrogen-bond donors (Lipinski definition) is 1. The van der Waals surface area contributed by atoms with Gasteiger partial charge in [0.1, 0.15) is 5.82 Å². The van der Waals surface area contributed by atoms with Gasteiger partial charge in [-0.25, -0.2) is 4.39 Å². The Hall–Kier alpha value is -1.91. The van der Waals surface area contributed by atoms with E-state index < -0.39 is 0 Å². The van der Waals surface area contributed by atoms with Crippen molar-refractivity contribution >= 4 is 23.2 Å². The van der Waals surface area contributed by atoms with Crippen LogP contribution in [0.25, 0.3) is 0 Å². The summed E-state index contributed by atoms with van der Waals surface area (Å²) in [6.45, 7) is 2.18. The highest BCUT2D eigenvalue weighted by atomic mass is 35.5. The fourth-order valence-electron chi connectivity index (χ4n) is 3.03. The van der Waals surface area contributed by atoms with Crippen molar-refractivity contribution < 1.29 is 9.18 Å². The van der Waals surface area contributed by atoms with E-state index in [1.54, 1.807) is 18.2 Å². The number of halogens is 2. The zero-order valence-electron chi connectivity index (χ0n) is 13.3. The molecule has 2 aromatic carbocycles. The first-order chi connectivity index (χ1) is 11.6. The molecule has 126 valence electrons. The van der Waals surface area contributed by atoms with E-state index in [2.05, 4.69) is 10.2 Å². The quantitative estimate of drug-likeness (QED) is 0.893. The SMILES string of the molecule is O=C(Nc1cccc(Cl)c1)C1CCN(Cc2ccccc2F)CC1.